The van der Waals surface area contributed by atoms with Crippen LogP contribution in [-0.4, -0.2) is 42.1 Å². The Kier molecular flexibility index (Phi) is 5.55. The molecule has 0 bridgehead atoms. The van der Waals surface area contributed by atoms with Crippen LogP contribution in [0.4, 0.5) is 17.2 Å². The number of carbonyl (C=O) groups excluding carboxylic acids is 1. The Balaban J connectivity index is 1.56. The van der Waals surface area contributed by atoms with E-state index in [4.69, 9.17) is 4.74 Å². The lowest BCUT2D eigenvalue weighted by Crippen LogP contribution is -2.36. The van der Waals surface area contributed by atoms with Gasteiger partial charge in [-0.25, -0.2) is 4.98 Å². The molecule has 2 heterocycles. The van der Waals surface area contributed by atoms with E-state index in [-0.39, 0.29) is 11.6 Å². The molecule has 0 spiro atoms. The predicted molar refractivity (Wildman–Crippen MR) is 98.0 cm³/mol. The van der Waals surface area contributed by atoms with Gasteiger partial charge in [-0.15, -0.1) is 0 Å². The molecule has 26 heavy (non-hydrogen) atoms. The van der Waals surface area contributed by atoms with Gasteiger partial charge in [-0.05, 0) is 35.9 Å². The summed E-state index contributed by atoms with van der Waals surface area (Å²) < 4.78 is 5.32. The molecule has 0 atom stereocenters. The molecule has 2 aromatic rings. The maximum Gasteiger partial charge on any atom is 0.269 e. The number of amides is 1. The second kappa shape index (κ2) is 8.21. The Morgan fingerprint density at radius 1 is 1.19 bits per heavy atom. The van der Waals surface area contributed by atoms with Gasteiger partial charge in [0.25, 0.3) is 5.69 Å². The highest BCUT2D eigenvalue weighted by molar-refractivity contribution is 6.01. The lowest BCUT2D eigenvalue weighted by atomic mass is 10.2. The topological polar surface area (TPSA) is 97.6 Å². The van der Waals surface area contributed by atoms with Crippen LogP contribution in [0.3, 0.4) is 0 Å². The third kappa shape index (κ3) is 4.64. The molecule has 8 nitrogen and oxygen atoms in total. The molecule has 8 heteroatoms. The van der Waals surface area contributed by atoms with Crippen LogP contribution < -0.4 is 10.2 Å². The Labute approximate surface area is 150 Å². The van der Waals surface area contributed by atoms with Crippen LogP contribution in [-0.2, 0) is 9.53 Å². The molecule has 0 aliphatic carbocycles. The minimum atomic E-state index is -0.466. The monoisotopic (exact) mass is 354 g/mol. The second-order valence-electron chi connectivity index (χ2n) is 5.67. The number of ether oxygens (including phenoxy) is 1. The maximum absolute atomic E-state index is 12.0. The number of nitro groups is 1. The van der Waals surface area contributed by atoms with E-state index >= 15 is 0 Å². The SMILES string of the molecule is O=C(/C=C/c1ccc([N+](=O)[O-])cc1)Nc1ccc(N2CCOCC2)cn1. The first kappa shape index (κ1) is 17.6. The van der Waals surface area contributed by atoms with Crippen molar-refractivity contribution in [3.8, 4) is 0 Å². The van der Waals surface area contributed by atoms with Crippen molar-refractivity contribution < 1.29 is 14.5 Å². The Morgan fingerprint density at radius 2 is 1.92 bits per heavy atom. The minimum absolute atomic E-state index is 0.0103. The Morgan fingerprint density at radius 3 is 2.54 bits per heavy atom. The van der Waals surface area contributed by atoms with Crippen molar-refractivity contribution in [2.24, 2.45) is 0 Å². The largest absolute Gasteiger partial charge is 0.378 e. The summed E-state index contributed by atoms with van der Waals surface area (Å²) in [7, 11) is 0. The number of pyridine rings is 1. The highest BCUT2D eigenvalue weighted by Gasteiger charge is 2.11. The lowest BCUT2D eigenvalue weighted by molar-refractivity contribution is -0.384. The normalized spacial score (nSPS) is 14.4. The molecule has 3 rings (SSSR count). The number of nitro benzene ring substituents is 1. The van der Waals surface area contributed by atoms with E-state index in [0.717, 1.165) is 18.8 Å². The predicted octanol–water partition coefficient (Wildman–Crippen LogP) is 2.48. The van der Waals surface area contributed by atoms with Crippen LogP contribution >= 0.6 is 0 Å². The summed E-state index contributed by atoms with van der Waals surface area (Å²) in [5.74, 6) is 0.135. The zero-order valence-electron chi connectivity index (χ0n) is 14.0. The van der Waals surface area contributed by atoms with Gasteiger partial charge in [0.2, 0.25) is 5.91 Å². The van der Waals surface area contributed by atoms with E-state index in [1.54, 1.807) is 30.5 Å². The number of morpholine rings is 1. The van der Waals surface area contributed by atoms with Gasteiger partial charge in [0.15, 0.2) is 0 Å². The summed E-state index contributed by atoms with van der Waals surface area (Å²) in [6.45, 7) is 3.05. The molecule has 0 saturated carbocycles. The van der Waals surface area contributed by atoms with E-state index in [1.807, 2.05) is 6.07 Å². The van der Waals surface area contributed by atoms with Crippen molar-refractivity contribution in [1.82, 2.24) is 4.98 Å². The van der Waals surface area contributed by atoms with Crippen LogP contribution in [0.25, 0.3) is 6.08 Å². The maximum atomic E-state index is 12.0. The van der Waals surface area contributed by atoms with Crippen LogP contribution in [0.1, 0.15) is 5.56 Å². The van der Waals surface area contributed by atoms with Crippen molar-refractivity contribution in [3.05, 3.63) is 64.3 Å². The number of nitrogens with zero attached hydrogens (tertiary/aromatic N) is 3. The first-order valence-electron chi connectivity index (χ1n) is 8.14. The number of hydrogen-bond donors (Lipinski definition) is 1. The van der Waals surface area contributed by atoms with Gasteiger partial charge in [0.05, 0.1) is 30.0 Å². The number of hydrogen-bond acceptors (Lipinski definition) is 6. The molecule has 134 valence electrons. The van der Waals surface area contributed by atoms with Gasteiger partial charge in [-0.2, -0.15) is 0 Å². The molecule has 0 radical (unpaired) electrons. The van der Waals surface area contributed by atoms with Gasteiger partial charge in [-0.3, -0.25) is 14.9 Å². The Hall–Kier alpha value is -3.26. The molecule has 1 N–H and O–H groups in total. The number of non-ortho nitro benzene ring substituents is 1. The standard InChI is InChI=1S/C18H18N4O4/c23-18(8-3-14-1-4-15(5-2-14)22(24)25)20-17-7-6-16(13-19-17)21-9-11-26-12-10-21/h1-8,13H,9-12H2,(H,19,20,23)/b8-3+. The molecule has 1 aliphatic rings. The van der Waals surface area contributed by atoms with E-state index in [9.17, 15) is 14.9 Å². The number of aromatic nitrogens is 1. The lowest BCUT2D eigenvalue weighted by Gasteiger charge is -2.28. The zero-order chi connectivity index (χ0) is 18.4. The number of carbonyl (C=O) groups is 1. The fourth-order valence-corrected chi connectivity index (χ4v) is 2.52. The van der Waals surface area contributed by atoms with Gasteiger partial charge in [-0.1, -0.05) is 0 Å². The molecule has 0 unspecified atom stereocenters. The molecule has 1 aliphatic heterocycles. The fraction of sp³-hybridized carbons (Fsp3) is 0.222. The van der Waals surface area contributed by atoms with Crippen LogP contribution in [0.15, 0.2) is 48.7 Å². The molecule has 1 saturated heterocycles. The number of benzene rings is 1. The van der Waals surface area contributed by atoms with Crippen LogP contribution in [0.5, 0.6) is 0 Å². The van der Waals surface area contributed by atoms with E-state index in [2.05, 4.69) is 15.2 Å². The number of rotatable bonds is 5. The summed E-state index contributed by atoms with van der Waals surface area (Å²) in [5, 5.41) is 13.3. The van der Waals surface area contributed by atoms with Gasteiger partial charge >= 0.3 is 0 Å². The molecule has 1 fully saturated rings. The summed E-state index contributed by atoms with van der Waals surface area (Å²) in [4.78, 5) is 28.6. The summed E-state index contributed by atoms with van der Waals surface area (Å²) in [5.41, 5.74) is 1.70. The summed E-state index contributed by atoms with van der Waals surface area (Å²) >= 11 is 0. The molecular weight excluding hydrogens is 336 g/mol. The molecule has 1 aromatic heterocycles. The van der Waals surface area contributed by atoms with Crippen LogP contribution in [0, 0.1) is 10.1 Å². The van der Waals surface area contributed by atoms with Gasteiger partial charge in [0.1, 0.15) is 5.82 Å². The Bertz CT molecular complexity index is 797. The third-order valence-electron chi connectivity index (χ3n) is 3.91. The van der Waals surface area contributed by atoms with Crippen molar-refractivity contribution >= 4 is 29.2 Å². The smallest absolute Gasteiger partial charge is 0.269 e. The third-order valence-corrected chi connectivity index (χ3v) is 3.91. The number of nitrogens with one attached hydrogen (secondary N) is 1. The minimum Gasteiger partial charge on any atom is -0.378 e. The van der Waals surface area contributed by atoms with E-state index < -0.39 is 4.92 Å². The van der Waals surface area contributed by atoms with Crippen molar-refractivity contribution in [2.45, 2.75) is 0 Å². The summed E-state index contributed by atoms with van der Waals surface area (Å²) in [6, 6.07) is 9.61. The van der Waals surface area contributed by atoms with E-state index in [1.165, 1.54) is 18.2 Å². The first-order chi connectivity index (χ1) is 12.6. The first-order valence-corrected chi connectivity index (χ1v) is 8.14. The van der Waals surface area contributed by atoms with Crippen LogP contribution in [0.2, 0.25) is 0 Å². The summed E-state index contributed by atoms with van der Waals surface area (Å²) in [6.07, 6.45) is 4.67. The molecule has 1 amide bonds. The second-order valence-corrected chi connectivity index (χ2v) is 5.67. The quantitative estimate of drug-likeness (QED) is 0.503. The van der Waals surface area contributed by atoms with Crippen molar-refractivity contribution in [1.29, 1.82) is 0 Å². The van der Waals surface area contributed by atoms with Crippen molar-refractivity contribution in [2.75, 3.05) is 36.5 Å². The highest BCUT2D eigenvalue weighted by Crippen LogP contribution is 2.17. The van der Waals surface area contributed by atoms with Crippen molar-refractivity contribution in [3.63, 3.8) is 0 Å². The van der Waals surface area contributed by atoms with Gasteiger partial charge < -0.3 is 15.0 Å². The molecular formula is C18H18N4O4. The van der Waals surface area contributed by atoms with Gasteiger partial charge in [0, 0.05) is 31.3 Å². The molecule has 1 aromatic carbocycles. The average Bonchev–Trinajstić information content (AvgIpc) is 2.68. The average molecular weight is 354 g/mol. The van der Waals surface area contributed by atoms with E-state index in [0.29, 0.717) is 24.6 Å². The zero-order valence-corrected chi connectivity index (χ0v) is 14.0. The fourth-order valence-electron chi connectivity index (χ4n) is 2.52. The highest BCUT2D eigenvalue weighted by atomic mass is 16.6. The number of anilines is 2.